The van der Waals surface area contributed by atoms with E-state index in [1.54, 1.807) is 0 Å². The van der Waals surface area contributed by atoms with Crippen LogP contribution in [0.2, 0.25) is 0 Å². The van der Waals surface area contributed by atoms with Gasteiger partial charge < -0.3 is 10.5 Å². The number of hydrogen-bond donors (Lipinski definition) is 1. The first-order valence-electron chi connectivity index (χ1n) is 5.77. The molecule has 2 nitrogen and oxygen atoms in total. The molecule has 1 aromatic carbocycles. The minimum Gasteiger partial charge on any atom is -0.399 e. The lowest BCUT2D eigenvalue weighted by atomic mass is 9.93. The minimum absolute atomic E-state index is 0.852. The van der Waals surface area contributed by atoms with E-state index in [1.807, 2.05) is 12.1 Å². The van der Waals surface area contributed by atoms with Crippen LogP contribution in [-0.4, -0.2) is 13.2 Å². The van der Waals surface area contributed by atoms with Gasteiger partial charge in [0.05, 0.1) is 0 Å². The van der Waals surface area contributed by atoms with Crippen LogP contribution in [0.15, 0.2) is 24.3 Å². The van der Waals surface area contributed by atoms with Crippen molar-refractivity contribution in [2.45, 2.75) is 25.7 Å². The molecule has 1 saturated heterocycles. The normalized spacial score (nSPS) is 17.9. The van der Waals surface area contributed by atoms with E-state index in [2.05, 4.69) is 12.1 Å². The Morgan fingerprint density at radius 2 is 1.80 bits per heavy atom. The molecule has 1 fully saturated rings. The summed E-state index contributed by atoms with van der Waals surface area (Å²) in [7, 11) is 0. The van der Waals surface area contributed by atoms with Gasteiger partial charge in [0.2, 0.25) is 0 Å². The van der Waals surface area contributed by atoms with Gasteiger partial charge in [-0.25, -0.2) is 0 Å². The quantitative estimate of drug-likeness (QED) is 0.770. The van der Waals surface area contributed by atoms with Crippen LogP contribution in [0.5, 0.6) is 0 Å². The van der Waals surface area contributed by atoms with Crippen LogP contribution >= 0.6 is 0 Å². The number of ether oxygens (including phenoxy) is 1. The molecule has 0 radical (unpaired) electrons. The van der Waals surface area contributed by atoms with Gasteiger partial charge in [0.1, 0.15) is 0 Å². The Morgan fingerprint density at radius 1 is 1.13 bits per heavy atom. The monoisotopic (exact) mass is 205 g/mol. The summed E-state index contributed by atoms with van der Waals surface area (Å²) in [4.78, 5) is 0. The second-order valence-electron chi connectivity index (χ2n) is 4.34. The first-order valence-corrected chi connectivity index (χ1v) is 5.77. The predicted molar refractivity (Wildman–Crippen MR) is 62.7 cm³/mol. The minimum atomic E-state index is 0.852. The van der Waals surface area contributed by atoms with Crippen molar-refractivity contribution >= 4 is 5.69 Å². The number of benzene rings is 1. The van der Waals surface area contributed by atoms with E-state index in [4.69, 9.17) is 10.5 Å². The zero-order chi connectivity index (χ0) is 10.5. The van der Waals surface area contributed by atoms with Crippen LogP contribution in [-0.2, 0) is 11.2 Å². The molecular weight excluding hydrogens is 186 g/mol. The Bertz CT molecular complexity index is 288. The highest BCUT2D eigenvalue weighted by Crippen LogP contribution is 2.20. The van der Waals surface area contributed by atoms with Gasteiger partial charge in [-0.05, 0) is 49.3 Å². The fraction of sp³-hybridized carbons (Fsp3) is 0.538. The summed E-state index contributed by atoms with van der Waals surface area (Å²) in [6, 6.07) is 8.24. The molecule has 0 bridgehead atoms. The zero-order valence-electron chi connectivity index (χ0n) is 9.11. The van der Waals surface area contributed by atoms with Crippen LogP contribution in [0, 0.1) is 5.92 Å². The summed E-state index contributed by atoms with van der Waals surface area (Å²) < 4.78 is 5.35. The third kappa shape index (κ3) is 3.24. The molecule has 0 aromatic heterocycles. The van der Waals surface area contributed by atoms with Gasteiger partial charge in [-0.3, -0.25) is 0 Å². The van der Waals surface area contributed by atoms with Crippen LogP contribution < -0.4 is 5.73 Å². The van der Waals surface area contributed by atoms with E-state index in [9.17, 15) is 0 Å². The molecule has 1 aliphatic heterocycles. The highest BCUT2D eigenvalue weighted by atomic mass is 16.5. The summed E-state index contributed by atoms with van der Waals surface area (Å²) in [5.41, 5.74) is 7.90. The van der Waals surface area contributed by atoms with Crippen molar-refractivity contribution in [2.24, 2.45) is 5.92 Å². The average molecular weight is 205 g/mol. The van der Waals surface area contributed by atoms with Crippen molar-refractivity contribution in [2.75, 3.05) is 18.9 Å². The van der Waals surface area contributed by atoms with Gasteiger partial charge in [-0.15, -0.1) is 0 Å². The summed E-state index contributed by atoms with van der Waals surface area (Å²) in [6.45, 7) is 1.90. The Hall–Kier alpha value is -1.02. The third-order valence-electron chi connectivity index (χ3n) is 3.16. The van der Waals surface area contributed by atoms with Crippen molar-refractivity contribution < 1.29 is 4.74 Å². The molecule has 0 atom stereocenters. The number of rotatable bonds is 3. The van der Waals surface area contributed by atoms with Gasteiger partial charge in [-0.1, -0.05) is 12.1 Å². The highest BCUT2D eigenvalue weighted by molar-refractivity contribution is 5.39. The van der Waals surface area contributed by atoms with Gasteiger partial charge in [-0.2, -0.15) is 0 Å². The Kier molecular flexibility index (Phi) is 3.62. The zero-order valence-corrected chi connectivity index (χ0v) is 9.11. The van der Waals surface area contributed by atoms with E-state index in [0.717, 1.165) is 24.8 Å². The molecule has 1 heterocycles. The van der Waals surface area contributed by atoms with Crippen molar-refractivity contribution in [1.82, 2.24) is 0 Å². The van der Waals surface area contributed by atoms with Crippen LogP contribution in [0.4, 0.5) is 5.69 Å². The molecule has 0 unspecified atom stereocenters. The highest BCUT2D eigenvalue weighted by Gasteiger charge is 2.13. The topological polar surface area (TPSA) is 35.2 Å². The number of hydrogen-bond acceptors (Lipinski definition) is 2. The van der Waals surface area contributed by atoms with Crippen molar-refractivity contribution in [3.05, 3.63) is 29.8 Å². The van der Waals surface area contributed by atoms with Gasteiger partial charge in [0.25, 0.3) is 0 Å². The average Bonchev–Trinajstić information content (AvgIpc) is 2.30. The lowest BCUT2D eigenvalue weighted by molar-refractivity contribution is 0.0640. The summed E-state index contributed by atoms with van der Waals surface area (Å²) in [5, 5.41) is 0. The standard InChI is InChI=1S/C13H19NO/c14-13-5-3-11(4-6-13)1-2-12-7-9-15-10-8-12/h3-6,12H,1-2,7-10,14H2. The predicted octanol–water partition coefficient (Wildman–Crippen LogP) is 2.63. The molecule has 1 aromatic rings. The molecular formula is C13H19NO. The molecule has 2 N–H and O–H groups in total. The molecule has 1 aliphatic rings. The number of nitrogens with two attached hydrogens (primary N) is 1. The Morgan fingerprint density at radius 3 is 2.47 bits per heavy atom. The second-order valence-corrected chi connectivity index (χ2v) is 4.34. The lowest BCUT2D eigenvalue weighted by Gasteiger charge is -2.21. The van der Waals surface area contributed by atoms with Gasteiger partial charge >= 0.3 is 0 Å². The maximum Gasteiger partial charge on any atom is 0.0468 e. The molecule has 15 heavy (non-hydrogen) atoms. The number of nitrogen functional groups attached to an aromatic ring is 1. The fourth-order valence-electron chi connectivity index (χ4n) is 2.09. The first-order chi connectivity index (χ1) is 7.34. The SMILES string of the molecule is Nc1ccc(CCC2CCOCC2)cc1. The molecule has 0 spiro atoms. The maximum absolute atomic E-state index is 5.65. The molecule has 2 rings (SSSR count). The van der Waals surface area contributed by atoms with Crippen LogP contribution in [0.25, 0.3) is 0 Å². The van der Waals surface area contributed by atoms with Crippen molar-refractivity contribution in [3.8, 4) is 0 Å². The Balaban J connectivity index is 1.79. The fourth-order valence-corrected chi connectivity index (χ4v) is 2.09. The smallest absolute Gasteiger partial charge is 0.0468 e. The molecule has 2 heteroatoms. The van der Waals surface area contributed by atoms with E-state index >= 15 is 0 Å². The lowest BCUT2D eigenvalue weighted by Crippen LogP contribution is -2.16. The van der Waals surface area contributed by atoms with E-state index in [-0.39, 0.29) is 0 Å². The summed E-state index contributed by atoms with van der Waals surface area (Å²) in [6.07, 6.45) is 4.92. The molecule has 82 valence electrons. The van der Waals surface area contributed by atoms with Crippen LogP contribution in [0.3, 0.4) is 0 Å². The maximum atomic E-state index is 5.65. The Labute approximate surface area is 91.4 Å². The van der Waals surface area contributed by atoms with Gasteiger partial charge in [0, 0.05) is 18.9 Å². The first kappa shape index (κ1) is 10.5. The van der Waals surface area contributed by atoms with Crippen molar-refractivity contribution in [3.63, 3.8) is 0 Å². The van der Waals surface area contributed by atoms with E-state index in [0.29, 0.717) is 0 Å². The van der Waals surface area contributed by atoms with Gasteiger partial charge in [0.15, 0.2) is 0 Å². The van der Waals surface area contributed by atoms with E-state index < -0.39 is 0 Å². The largest absolute Gasteiger partial charge is 0.399 e. The second kappa shape index (κ2) is 5.17. The summed E-state index contributed by atoms with van der Waals surface area (Å²) >= 11 is 0. The van der Waals surface area contributed by atoms with E-state index in [1.165, 1.54) is 31.2 Å². The van der Waals surface area contributed by atoms with Crippen molar-refractivity contribution in [1.29, 1.82) is 0 Å². The third-order valence-corrected chi connectivity index (χ3v) is 3.16. The van der Waals surface area contributed by atoms with Crippen LogP contribution in [0.1, 0.15) is 24.8 Å². The molecule has 0 aliphatic carbocycles. The number of aryl methyl sites for hydroxylation is 1. The molecule has 0 saturated carbocycles. The number of anilines is 1. The summed E-state index contributed by atoms with van der Waals surface area (Å²) in [5.74, 6) is 0.858. The molecule has 0 amide bonds.